The van der Waals surface area contributed by atoms with E-state index in [2.05, 4.69) is 25.6 Å². The third-order valence-electron chi connectivity index (χ3n) is 7.00. The van der Waals surface area contributed by atoms with E-state index < -0.39 is 17.3 Å². The van der Waals surface area contributed by atoms with Crippen molar-refractivity contribution in [1.29, 1.82) is 0 Å². The summed E-state index contributed by atoms with van der Waals surface area (Å²) in [6.45, 7) is 1.41. The molecule has 1 saturated heterocycles. The Labute approximate surface area is 204 Å². The Kier molecular flexibility index (Phi) is 6.22. The van der Waals surface area contributed by atoms with Crippen molar-refractivity contribution < 1.29 is 23.1 Å². The fraction of sp³-hybridized carbons (Fsp3) is 0.522. The number of nitrogens with zero attached hydrogens (tertiary/aromatic N) is 4. The summed E-state index contributed by atoms with van der Waals surface area (Å²) in [5.41, 5.74) is -1.04. The highest BCUT2D eigenvalue weighted by Gasteiger charge is 2.41. The first-order chi connectivity index (χ1) is 16.6. The summed E-state index contributed by atoms with van der Waals surface area (Å²) in [7, 11) is 1.65. The van der Waals surface area contributed by atoms with Gasteiger partial charge in [0.15, 0.2) is 5.82 Å². The molecule has 1 aliphatic heterocycles. The van der Waals surface area contributed by atoms with E-state index in [1.165, 1.54) is 22.1 Å². The minimum absolute atomic E-state index is 0.0291. The molecule has 2 aromatic heterocycles. The Balaban J connectivity index is 1.10. The van der Waals surface area contributed by atoms with Crippen molar-refractivity contribution in [3.8, 4) is 0 Å². The molecular formula is C23H27F3N6O2S. The second kappa shape index (κ2) is 9.07. The van der Waals surface area contributed by atoms with Crippen molar-refractivity contribution in [2.24, 2.45) is 7.05 Å². The van der Waals surface area contributed by atoms with Crippen LogP contribution in [0.15, 0.2) is 29.8 Å². The number of anilines is 1. The summed E-state index contributed by atoms with van der Waals surface area (Å²) in [5, 5.41) is 23.9. The van der Waals surface area contributed by atoms with Gasteiger partial charge < -0.3 is 15.7 Å². The summed E-state index contributed by atoms with van der Waals surface area (Å²) in [6, 6.07) is 3.86. The molecule has 0 bridgehead atoms. The van der Waals surface area contributed by atoms with Crippen LogP contribution in [0.3, 0.4) is 0 Å². The smallest absolute Gasteiger partial charge is 0.383 e. The number of aryl methyl sites for hydroxylation is 1. The van der Waals surface area contributed by atoms with E-state index in [1.54, 1.807) is 13.2 Å². The Bertz CT molecular complexity index is 1200. The lowest BCUT2D eigenvalue weighted by atomic mass is 9.81. The van der Waals surface area contributed by atoms with Crippen LogP contribution in [0, 0.1) is 0 Å². The molecule has 0 spiro atoms. The normalized spacial score (nSPS) is 23.9. The lowest BCUT2D eigenvalue weighted by Gasteiger charge is -2.47. The van der Waals surface area contributed by atoms with E-state index in [0.717, 1.165) is 43.1 Å². The molecule has 1 amide bonds. The second-order valence-corrected chi connectivity index (χ2v) is 10.3. The van der Waals surface area contributed by atoms with Crippen LogP contribution in [-0.4, -0.2) is 62.4 Å². The van der Waals surface area contributed by atoms with Gasteiger partial charge in [0.1, 0.15) is 10.6 Å². The summed E-state index contributed by atoms with van der Waals surface area (Å²) in [6.07, 6.45) is 0.383. The van der Waals surface area contributed by atoms with Crippen molar-refractivity contribution in [2.45, 2.75) is 49.5 Å². The van der Waals surface area contributed by atoms with Gasteiger partial charge in [-0.1, -0.05) is 0 Å². The standard InChI is InChI=1S/C23H27F3N6O2S/c1-31-18-3-2-14(23(24,25)26)10-17(18)20(30-31)28-11-19(33)29-15-12-32(13-15)16-4-6-22(34,7-5-16)21-27-8-9-35-21/h2-3,8-10,15-16,34H,4-7,11-13H2,1H3,(H,28,30)(H,29,33). The lowest BCUT2D eigenvalue weighted by Crippen LogP contribution is -2.63. The zero-order valence-electron chi connectivity index (χ0n) is 19.2. The van der Waals surface area contributed by atoms with Crippen LogP contribution in [0.2, 0.25) is 0 Å². The van der Waals surface area contributed by atoms with Crippen LogP contribution in [-0.2, 0) is 23.6 Å². The molecule has 2 aliphatic rings. The number of nitrogens with one attached hydrogen (secondary N) is 2. The Morgan fingerprint density at radius 1 is 1.29 bits per heavy atom. The molecule has 3 heterocycles. The second-order valence-electron chi connectivity index (χ2n) is 9.37. The van der Waals surface area contributed by atoms with E-state index in [1.807, 2.05) is 5.38 Å². The molecule has 0 unspecified atom stereocenters. The van der Waals surface area contributed by atoms with Gasteiger partial charge in [0.25, 0.3) is 0 Å². The number of aromatic nitrogens is 3. The molecular weight excluding hydrogens is 481 g/mol. The molecule has 2 fully saturated rings. The topological polar surface area (TPSA) is 95.3 Å². The van der Waals surface area contributed by atoms with Crippen molar-refractivity contribution in [3.63, 3.8) is 0 Å². The van der Waals surface area contributed by atoms with Gasteiger partial charge in [-0.05, 0) is 43.9 Å². The quantitative estimate of drug-likeness (QED) is 0.474. The van der Waals surface area contributed by atoms with E-state index in [9.17, 15) is 23.1 Å². The zero-order chi connectivity index (χ0) is 24.8. The summed E-state index contributed by atoms with van der Waals surface area (Å²) in [5.74, 6) is 0.0103. The molecule has 188 valence electrons. The predicted octanol–water partition coefficient (Wildman–Crippen LogP) is 3.09. The van der Waals surface area contributed by atoms with Gasteiger partial charge in [0.05, 0.1) is 23.7 Å². The molecule has 0 radical (unpaired) electrons. The number of aliphatic hydroxyl groups is 1. The molecule has 8 nitrogen and oxygen atoms in total. The van der Waals surface area contributed by atoms with Crippen LogP contribution in [0.5, 0.6) is 0 Å². The van der Waals surface area contributed by atoms with E-state index in [-0.39, 0.29) is 24.3 Å². The van der Waals surface area contributed by atoms with Gasteiger partial charge in [0.2, 0.25) is 5.91 Å². The SMILES string of the molecule is Cn1nc(NCC(=O)NC2CN(C3CCC(O)(c4nccs4)CC3)C2)c2cc(C(F)(F)F)ccc21. The van der Waals surface area contributed by atoms with Gasteiger partial charge in [-0.2, -0.15) is 18.3 Å². The summed E-state index contributed by atoms with van der Waals surface area (Å²) < 4.78 is 40.8. The fourth-order valence-corrected chi connectivity index (χ4v) is 5.83. The van der Waals surface area contributed by atoms with Gasteiger partial charge in [0, 0.05) is 43.1 Å². The number of likely N-dealkylation sites (tertiary alicyclic amines) is 1. The molecule has 1 aliphatic carbocycles. The maximum Gasteiger partial charge on any atom is 0.416 e. The minimum Gasteiger partial charge on any atom is -0.383 e. The van der Waals surface area contributed by atoms with Crippen LogP contribution in [0.1, 0.15) is 36.3 Å². The number of amides is 1. The Hall–Kier alpha value is -2.70. The number of thiazole rings is 1. The number of halogens is 3. The Morgan fingerprint density at radius 3 is 2.69 bits per heavy atom. The third-order valence-corrected chi connectivity index (χ3v) is 7.96. The van der Waals surface area contributed by atoms with Gasteiger partial charge >= 0.3 is 6.18 Å². The Morgan fingerprint density at radius 2 is 2.03 bits per heavy atom. The van der Waals surface area contributed by atoms with Crippen LogP contribution >= 0.6 is 11.3 Å². The molecule has 3 N–H and O–H groups in total. The highest BCUT2D eigenvalue weighted by molar-refractivity contribution is 7.09. The van der Waals surface area contributed by atoms with Crippen LogP contribution in [0.4, 0.5) is 19.0 Å². The highest BCUT2D eigenvalue weighted by Crippen LogP contribution is 2.40. The summed E-state index contributed by atoms with van der Waals surface area (Å²) >= 11 is 1.49. The first kappa shape index (κ1) is 24.0. The largest absolute Gasteiger partial charge is 0.416 e. The first-order valence-corrected chi connectivity index (χ1v) is 12.4. The predicted molar refractivity (Wildman–Crippen MR) is 126 cm³/mol. The van der Waals surface area contributed by atoms with Crippen molar-refractivity contribution in [3.05, 3.63) is 40.3 Å². The average Bonchev–Trinajstić information content (AvgIpc) is 3.44. The number of rotatable bonds is 6. The van der Waals surface area contributed by atoms with Gasteiger partial charge in [-0.3, -0.25) is 14.4 Å². The maximum absolute atomic E-state index is 13.1. The first-order valence-electron chi connectivity index (χ1n) is 11.6. The molecule has 0 atom stereocenters. The third kappa shape index (κ3) is 4.87. The van der Waals surface area contributed by atoms with Crippen molar-refractivity contribution >= 4 is 34.0 Å². The number of carbonyl (C=O) groups excluding carboxylic acids is 1. The molecule has 1 saturated carbocycles. The highest BCUT2D eigenvalue weighted by atomic mass is 32.1. The molecule has 12 heteroatoms. The number of hydrogen-bond donors (Lipinski definition) is 3. The van der Waals surface area contributed by atoms with E-state index in [4.69, 9.17) is 0 Å². The molecule has 3 aromatic rings. The minimum atomic E-state index is -4.45. The van der Waals surface area contributed by atoms with Crippen molar-refractivity contribution in [2.75, 3.05) is 25.0 Å². The number of hydrogen-bond acceptors (Lipinski definition) is 7. The number of carbonyl (C=O) groups is 1. The number of fused-ring (bicyclic) bond motifs is 1. The fourth-order valence-electron chi connectivity index (χ4n) is 5.03. The van der Waals surface area contributed by atoms with Crippen LogP contribution < -0.4 is 10.6 Å². The van der Waals surface area contributed by atoms with E-state index in [0.29, 0.717) is 29.8 Å². The zero-order valence-corrected chi connectivity index (χ0v) is 20.0. The molecule has 35 heavy (non-hydrogen) atoms. The van der Waals surface area contributed by atoms with Crippen molar-refractivity contribution in [1.82, 2.24) is 25.0 Å². The lowest BCUT2D eigenvalue weighted by molar-refractivity contribution is -0.137. The summed E-state index contributed by atoms with van der Waals surface area (Å²) in [4.78, 5) is 19.0. The average molecular weight is 509 g/mol. The number of alkyl halides is 3. The van der Waals surface area contributed by atoms with Gasteiger partial charge in [-0.15, -0.1) is 11.3 Å². The maximum atomic E-state index is 13.1. The van der Waals surface area contributed by atoms with E-state index >= 15 is 0 Å². The number of benzene rings is 1. The van der Waals surface area contributed by atoms with Gasteiger partial charge in [-0.25, -0.2) is 4.98 Å². The molecule has 5 rings (SSSR count). The molecule has 1 aromatic carbocycles. The van der Waals surface area contributed by atoms with Crippen LogP contribution in [0.25, 0.3) is 10.9 Å². The monoisotopic (exact) mass is 508 g/mol.